The molecule has 1 heterocycles. The van der Waals surface area contributed by atoms with Gasteiger partial charge in [0, 0.05) is 17.6 Å². The fourth-order valence-corrected chi connectivity index (χ4v) is 3.09. The van der Waals surface area contributed by atoms with Gasteiger partial charge in [-0.15, -0.1) is 0 Å². The molecule has 144 valence electrons. The highest BCUT2D eigenvalue weighted by Crippen LogP contribution is 2.35. The van der Waals surface area contributed by atoms with Crippen molar-refractivity contribution >= 4 is 23.0 Å². The van der Waals surface area contributed by atoms with Crippen molar-refractivity contribution in [2.24, 2.45) is 0 Å². The molecule has 1 N–H and O–H groups in total. The molecule has 0 bridgehead atoms. The monoisotopic (exact) mass is 385 g/mol. The number of carbonyl (C=O) groups is 2. The van der Waals surface area contributed by atoms with E-state index < -0.39 is 5.78 Å². The van der Waals surface area contributed by atoms with E-state index in [2.05, 4.69) is 4.98 Å². The largest absolute Gasteiger partial charge is 0.485 e. The van der Waals surface area contributed by atoms with E-state index in [1.165, 1.54) is 6.20 Å². The lowest BCUT2D eigenvalue weighted by Gasteiger charge is -2.14. The summed E-state index contributed by atoms with van der Waals surface area (Å²) >= 11 is 0. The summed E-state index contributed by atoms with van der Waals surface area (Å²) in [6.45, 7) is 0.740. The van der Waals surface area contributed by atoms with Crippen LogP contribution in [0.4, 0.5) is 0 Å². The molecule has 0 saturated carbocycles. The SMILES string of the molecule is O=CC(=O)c1c[nH]c2cc(OCc3ccccc3)c(OCc3ccccc3)cc12. The average Bonchev–Trinajstić information content (AvgIpc) is 3.19. The van der Waals surface area contributed by atoms with E-state index in [0.717, 1.165) is 11.1 Å². The van der Waals surface area contributed by atoms with Gasteiger partial charge in [0.05, 0.1) is 11.1 Å². The summed E-state index contributed by atoms with van der Waals surface area (Å²) in [5.41, 5.74) is 3.06. The van der Waals surface area contributed by atoms with Gasteiger partial charge >= 0.3 is 0 Å². The summed E-state index contributed by atoms with van der Waals surface area (Å²) in [6, 6.07) is 23.2. The van der Waals surface area contributed by atoms with Crippen molar-refractivity contribution in [2.45, 2.75) is 13.2 Å². The van der Waals surface area contributed by atoms with Crippen LogP contribution in [0.1, 0.15) is 21.5 Å². The average molecular weight is 385 g/mol. The number of benzene rings is 3. The second kappa shape index (κ2) is 8.44. The van der Waals surface area contributed by atoms with Crippen molar-refractivity contribution in [1.29, 1.82) is 0 Å². The smallest absolute Gasteiger partial charge is 0.227 e. The van der Waals surface area contributed by atoms with Crippen LogP contribution < -0.4 is 9.47 Å². The summed E-state index contributed by atoms with van der Waals surface area (Å²) in [6.07, 6.45) is 1.84. The van der Waals surface area contributed by atoms with Crippen molar-refractivity contribution in [3.8, 4) is 11.5 Å². The third-order valence-electron chi connectivity index (χ3n) is 4.59. The molecule has 4 aromatic rings. The topological polar surface area (TPSA) is 68.4 Å². The van der Waals surface area contributed by atoms with Crippen LogP contribution in [0.25, 0.3) is 10.9 Å². The third-order valence-corrected chi connectivity index (χ3v) is 4.59. The van der Waals surface area contributed by atoms with E-state index >= 15 is 0 Å². The standard InChI is InChI=1S/C24H19NO4/c26-14-22(27)20-13-25-21-12-24(29-16-18-9-5-2-6-10-18)23(11-19(20)21)28-15-17-7-3-1-4-8-17/h1-14,25H,15-16H2. The number of Topliss-reactive ketones (excluding diaryl/α,β-unsaturated/α-hetero) is 1. The Labute approximate surface area is 167 Å². The number of H-pyrrole nitrogens is 1. The fourth-order valence-electron chi connectivity index (χ4n) is 3.09. The molecule has 4 rings (SSSR count). The summed E-state index contributed by atoms with van der Waals surface area (Å²) in [5, 5.41) is 0.622. The highest BCUT2D eigenvalue weighted by molar-refractivity contribution is 6.36. The van der Waals surface area contributed by atoms with Crippen LogP contribution in [0.2, 0.25) is 0 Å². The molecule has 3 aromatic carbocycles. The highest BCUT2D eigenvalue weighted by Gasteiger charge is 2.16. The van der Waals surface area contributed by atoms with Crippen molar-refractivity contribution < 1.29 is 19.1 Å². The molecule has 0 aliphatic carbocycles. The van der Waals surface area contributed by atoms with E-state index in [9.17, 15) is 9.59 Å². The van der Waals surface area contributed by atoms with Crippen LogP contribution >= 0.6 is 0 Å². The van der Waals surface area contributed by atoms with Gasteiger partial charge in [-0.1, -0.05) is 60.7 Å². The molecule has 0 amide bonds. The Morgan fingerprint density at radius 3 is 1.93 bits per heavy atom. The molecule has 0 fully saturated rings. The number of fused-ring (bicyclic) bond motifs is 1. The molecule has 0 aliphatic heterocycles. The number of aromatic amines is 1. The Kier molecular flexibility index (Phi) is 5.38. The van der Waals surface area contributed by atoms with Crippen LogP contribution in [0.5, 0.6) is 11.5 Å². The Bertz CT molecular complexity index is 1130. The minimum atomic E-state index is -0.580. The van der Waals surface area contributed by atoms with E-state index in [1.54, 1.807) is 12.1 Å². The quantitative estimate of drug-likeness (QED) is 0.271. The van der Waals surface area contributed by atoms with E-state index in [4.69, 9.17) is 9.47 Å². The van der Waals surface area contributed by atoms with Crippen LogP contribution in [0.3, 0.4) is 0 Å². The van der Waals surface area contributed by atoms with Crippen LogP contribution in [0, 0.1) is 0 Å². The maximum absolute atomic E-state index is 11.9. The summed E-state index contributed by atoms with van der Waals surface area (Å²) in [4.78, 5) is 25.9. The molecule has 5 nitrogen and oxygen atoms in total. The second-order valence-corrected chi connectivity index (χ2v) is 6.58. The first-order valence-corrected chi connectivity index (χ1v) is 9.22. The Balaban J connectivity index is 1.67. The second-order valence-electron chi connectivity index (χ2n) is 6.58. The lowest BCUT2D eigenvalue weighted by Crippen LogP contribution is -2.02. The van der Waals surface area contributed by atoms with Gasteiger partial charge in [-0.25, -0.2) is 0 Å². The van der Waals surface area contributed by atoms with Gasteiger partial charge < -0.3 is 14.5 Å². The number of rotatable bonds is 8. The van der Waals surface area contributed by atoms with Crippen molar-refractivity contribution in [2.75, 3.05) is 0 Å². The Morgan fingerprint density at radius 2 is 1.38 bits per heavy atom. The molecule has 1 aromatic heterocycles. The van der Waals surface area contributed by atoms with E-state index in [1.807, 2.05) is 60.7 Å². The molecule has 0 spiro atoms. The highest BCUT2D eigenvalue weighted by atomic mass is 16.5. The van der Waals surface area contributed by atoms with Gasteiger partial charge in [-0.3, -0.25) is 9.59 Å². The first kappa shape index (κ1) is 18.5. The van der Waals surface area contributed by atoms with Gasteiger partial charge in [0.1, 0.15) is 13.2 Å². The first-order valence-electron chi connectivity index (χ1n) is 9.22. The lowest BCUT2D eigenvalue weighted by molar-refractivity contribution is -0.104. The predicted molar refractivity (Wildman–Crippen MR) is 110 cm³/mol. The molecule has 0 atom stereocenters. The van der Waals surface area contributed by atoms with Gasteiger partial charge in [0.25, 0.3) is 0 Å². The van der Waals surface area contributed by atoms with E-state index in [0.29, 0.717) is 47.5 Å². The maximum atomic E-state index is 11.9. The fraction of sp³-hybridized carbons (Fsp3) is 0.0833. The van der Waals surface area contributed by atoms with Crippen LogP contribution in [0.15, 0.2) is 79.0 Å². The minimum Gasteiger partial charge on any atom is -0.485 e. The number of ether oxygens (including phenoxy) is 2. The number of aromatic nitrogens is 1. The minimum absolute atomic E-state index is 0.312. The Hall–Kier alpha value is -3.86. The van der Waals surface area contributed by atoms with E-state index in [-0.39, 0.29) is 0 Å². The molecule has 0 unspecified atom stereocenters. The van der Waals surface area contributed by atoms with Gasteiger partial charge in [0.2, 0.25) is 5.78 Å². The van der Waals surface area contributed by atoms with Crippen LogP contribution in [-0.2, 0) is 18.0 Å². The summed E-state index contributed by atoms with van der Waals surface area (Å²) in [7, 11) is 0. The third kappa shape index (κ3) is 4.19. The number of nitrogens with one attached hydrogen (secondary N) is 1. The molecular weight excluding hydrogens is 366 g/mol. The molecule has 0 aliphatic rings. The van der Waals surface area contributed by atoms with Crippen molar-refractivity contribution in [3.05, 3.63) is 95.7 Å². The Morgan fingerprint density at radius 1 is 0.828 bits per heavy atom. The zero-order valence-corrected chi connectivity index (χ0v) is 15.6. The summed E-state index contributed by atoms with van der Waals surface area (Å²) in [5.74, 6) is 0.490. The number of hydrogen-bond donors (Lipinski definition) is 1. The zero-order valence-electron chi connectivity index (χ0n) is 15.6. The van der Waals surface area contributed by atoms with Gasteiger partial charge in [-0.2, -0.15) is 0 Å². The molecule has 0 radical (unpaired) electrons. The molecular formula is C24H19NO4. The predicted octanol–water partition coefficient (Wildman–Crippen LogP) is 4.71. The van der Waals surface area contributed by atoms with Crippen LogP contribution in [-0.4, -0.2) is 17.1 Å². The van der Waals surface area contributed by atoms with Gasteiger partial charge in [0.15, 0.2) is 17.8 Å². The zero-order chi connectivity index (χ0) is 20.1. The number of hydrogen-bond acceptors (Lipinski definition) is 4. The van der Waals surface area contributed by atoms with Gasteiger partial charge in [-0.05, 0) is 17.2 Å². The molecule has 29 heavy (non-hydrogen) atoms. The normalized spacial score (nSPS) is 10.6. The first-order chi connectivity index (χ1) is 14.2. The van der Waals surface area contributed by atoms with Crippen molar-refractivity contribution in [1.82, 2.24) is 4.98 Å². The maximum Gasteiger partial charge on any atom is 0.227 e. The summed E-state index contributed by atoms with van der Waals surface area (Å²) < 4.78 is 12.0. The number of carbonyl (C=O) groups excluding carboxylic acids is 2. The number of aldehydes is 1. The lowest BCUT2D eigenvalue weighted by atomic mass is 10.1. The number of ketones is 1. The molecule has 5 heteroatoms. The molecule has 0 saturated heterocycles. The van der Waals surface area contributed by atoms with Crippen molar-refractivity contribution in [3.63, 3.8) is 0 Å².